The minimum atomic E-state index is -0.540. The molecule has 0 aliphatic carbocycles. The highest BCUT2D eigenvalue weighted by Crippen LogP contribution is 2.25. The van der Waals surface area contributed by atoms with Crippen LogP contribution in [0.25, 0.3) is 0 Å². The molecular formula is C15H14ClNO3. The van der Waals surface area contributed by atoms with Crippen molar-refractivity contribution in [2.45, 2.75) is 13.8 Å². The molecule has 5 heteroatoms. The van der Waals surface area contributed by atoms with Crippen molar-refractivity contribution in [1.29, 1.82) is 0 Å². The van der Waals surface area contributed by atoms with Gasteiger partial charge in [-0.2, -0.15) is 0 Å². The summed E-state index contributed by atoms with van der Waals surface area (Å²) in [5.41, 5.74) is 2.15. The molecule has 4 nitrogen and oxygen atoms in total. The number of benzene rings is 1. The Kier molecular flexibility index (Phi) is 3.95. The number of esters is 1. The Morgan fingerprint density at radius 3 is 2.30 bits per heavy atom. The number of carbonyl (C=O) groups excluding carboxylic acids is 2. The van der Waals surface area contributed by atoms with Crippen LogP contribution in [0.3, 0.4) is 0 Å². The highest BCUT2D eigenvalue weighted by atomic mass is 35.5. The topological polar surface area (TPSA) is 59.2 Å². The average molecular weight is 292 g/mol. The smallest absolute Gasteiger partial charge is 0.340 e. The molecule has 0 bridgehead atoms. The Morgan fingerprint density at radius 1 is 1.10 bits per heavy atom. The molecule has 0 saturated carbocycles. The summed E-state index contributed by atoms with van der Waals surface area (Å²) in [6, 6.07) is 6.75. The van der Waals surface area contributed by atoms with E-state index in [-0.39, 0.29) is 11.3 Å². The van der Waals surface area contributed by atoms with E-state index in [1.54, 1.807) is 38.1 Å². The summed E-state index contributed by atoms with van der Waals surface area (Å²) in [4.78, 5) is 27.5. The monoisotopic (exact) mass is 291 g/mol. The molecule has 1 N–H and O–H groups in total. The number of rotatable bonds is 3. The molecular weight excluding hydrogens is 278 g/mol. The van der Waals surface area contributed by atoms with Crippen LogP contribution in [-0.4, -0.2) is 23.8 Å². The van der Waals surface area contributed by atoms with Crippen molar-refractivity contribution < 1.29 is 14.3 Å². The molecule has 0 aliphatic rings. The van der Waals surface area contributed by atoms with Gasteiger partial charge in [0.25, 0.3) is 0 Å². The van der Waals surface area contributed by atoms with Crippen molar-refractivity contribution in [2.24, 2.45) is 0 Å². The van der Waals surface area contributed by atoms with Gasteiger partial charge in [-0.25, -0.2) is 4.79 Å². The van der Waals surface area contributed by atoms with E-state index >= 15 is 0 Å². The zero-order chi connectivity index (χ0) is 14.9. The Labute approximate surface area is 121 Å². The number of ketones is 1. The van der Waals surface area contributed by atoms with E-state index in [1.165, 1.54) is 7.11 Å². The van der Waals surface area contributed by atoms with Crippen LogP contribution in [0.4, 0.5) is 0 Å². The van der Waals surface area contributed by atoms with Gasteiger partial charge in [0.1, 0.15) is 0 Å². The first-order valence-corrected chi connectivity index (χ1v) is 6.41. The first-order chi connectivity index (χ1) is 9.47. The minimum Gasteiger partial charge on any atom is -0.465 e. The zero-order valence-corrected chi connectivity index (χ0v) is 12.2. The number of hydrogen-bond donors (Lipinski definition) is 1. The van der Waals surface area contributed by atoms with Gasteiger partial charge in [0.2, 0.25) is 0 Å². The van der Waals surface area contributed by atoms with Gasteiger partial charge < -0.3 is 9.72 Å². The summed E-state index contributed by atoms with van der Waals surface area (Å²) in [6.45, 7) is 3.46. The van der Waals surface area contributed by atoms with Crippen molar-refractivity contribution >= 4 is 23.4 Å². The summed E-state index contributed by atoms with van der Waals surface area (Å²) in [6.07, 6.45) is 0. The molecule has 20 heavy (non-hydrogen) atoms. The maximum atomic E-state index is 12.6. The Hall–Kier alpha value is -2.07. The number of hydrogen-bond acceptors (Lipinski definition) is 3. The Bertz CT molecular complexity index is 688. The standard InChI is InChI=1S/C15H14ClNO3/c1-8-12(13(9(2)17-8)15(19)20-3)14(18)10-6-4-5-7-11(10)16/h4-7,17H,1-3H3. The van der Waals surface area contributed by atoms with Gasteiger partial charge in [0, 0.05) is 17.0 Å². The summed E-state index contributed by atoms with van der Waals surface area (Å²) >= 11 is 6.05. The number of aryl methyl sites for hydroxylation is 2. The summed E-state index contributed by atoms with van der Waals surface area (Å²) in [5, 5.41) is 0.353. The molecule has 1 aromatic heterocycles. The third-order valence-electron chi connectivity index (χ3n) is 3.11. The Balaban J connectivity index is 2.61. The van der Waals surface area contributed by atoms with E-state index in [1.807, 2.05) is 0 Å². The van der Waals surface area contributed by atoms with Crippen LogP contribution in [0, 0.1) is 13.8 Å². The molecule has 0 amide bonds. The Morgan fingerprint density at radius 2 is 1.70 bits per heavy atom. The van der Waals surface area contributed by atoms with Crippen LogP contribution in [0.5, 0.6) is 0 Å². The summed E-state index contributed by atoms with van der Waals surface area (Å²) in [5.74, 6) is -0.833. The molecule has 0 saturated heterocycles. The number of methoxy groups -OCH3 is 1. The van der Waals surface area contributed by atoms with Crippen LogP contribution >= 0.6 is 11.6 Å². The molecule has 0 aliphatic heterocycles. The first-order valence-electron chi connectivity index (χ1n) is 6.04. The third kappa shape index (κ3) is 2.34. The van der Waals surface area contributed by atoms with Crippen molar-refractivity contribution in [3.8, 4) is 0 Å². The predicted molar refractivity (Wildman–Crippen MR) is 76.5 cm³/mol. The van der Waals surface area contributed by atoms with Gasteiger partial charge in [-0.05, 0) is 26.0 Å². The van der Waals surface area contributed by atoms with Crippen LogP contribution in [0.15, 0.2) is 24.3 Å². The van der Waals surface area contributed by atoms with Gasteiger partial charge in [-0.15, -0.1) is 0 Å². The van der Waals surface area contributed by atoms with Crippen molar-refractivity contribution in [1.82, 2.24) is 4.98 Å². The maximum Gasteiger partial charge on any atom is 0.340 e. The second-order valence-electron chi connectivity index (χ2n) is 4.43. The molecule has 2 aromatic rings. The number of halogens is 1. The van der Waals surface area contributed by atoms with Gasteiger partial charge in [0.15, 0.2) is 5.78 Å². The van der Waals surface area contributed by atoms with Crippen molar-refractivity contribution in [2.75, 3.05) is 7.11 Å². The fraction of sp³-hybridized carbons (Fsp3) is 0.200. The van der Waals surface area contributed by atoms with E-state index in [4.69, 9.17) is 16.3 Å². The maximum absolute atomic E-state index is 12.6. The van der Waals surface area contributed by atoms with Crippen molar-refractivity contribution in [3.63, 3.8) is 0 Å². The fourth-order valence-corrected chi connectivity index (χ4v) is 2.42. The molecule has 1 aromatic carbocycles. The average Bonchev–Trinajstić information content (AvgIpc) is 2.72. The van der Waals surface area contributed by atoms with E-state index in [0.29, 0.717) is 27.5 Å². The lowest BCUT2D eigenvalue weighted by atomic mass is 9.99. The van der Waals surface area contributed by atoms with Gasteiger partial charge in [-0.1, -0.05) is 23.7 Å². The van der Waals surface area contributed by atoms with E-state index in [9.17, 15) is 9.59 Å². The lowest BCUT2D eigenvalue weighted by Gasteiger charge is -2.06. The highest BCUT2D eigenvalue weighted by Gasteiger charge is 2.26. The molecule has 0 radical (unpaired) electrons. The van der Waals surface area contributed by atoms with Gasteiger partial charge >= 0.3 is 5.97 Å². The molecule has 0 atom stereocenters. The normalized spacial score (nSPS) is 10.4. The fourth-order valence-electron chi connectivity index (χ4n) is 2.20. The molecule has 104 valence electrons. The number of H-pyrrole nitrogens is 1. The van der Waals surface area contributed by atoms with Gasteiger partial charge in [0.05, 0.1) is 23.3 Å². The number of ether oxygens (including phenoxy) is 1. The number of aromatic nitrogens is 1. The van der Waals surface area contributed by atoms with Crippen LogP contribution < -0.4 is 0 Å². The third-order valence-corrected chi connectivity index (χ3v) is 3.44. The van der Waals surface area contributed by atoms with Crippen LogP contribution in [0.2, 0.25) is 5.02 Å². The number of carbonyl (C=O) groups is 2. The van der Waals surface area contributed by atoms with Crippen molar-refractivity contribution in [3.05, 3.63) is 57.4 Å². The highest BCUT2D eigenvalue weighted by molar-refractivity contribution is 6.35. The SMILES string of the molecule is COC(=O)c1c(C)[nH]c(C)c1C(=O)c1ccccc1Cl. The lowest BCUT2D eigenvalue weighted by molar-refractivity contribution is 0.0597. The van der Waals surface area contributed by atoms with E-state index in [0.717, 1.165) is 0 Å². The molecule has 1 heterocycles. The van der Waals surface area contributed by atoms with Crippen LogP contribution in [-0.2, 0) is 4.74 Å². The summed E-state index contributed by atoms with van der Waals surface area (Å²) in [7, 11) is 1.29. The quantitative estimate of drug-likeness (QED) is 0.697. The van der Waals surface area contributed by atoms with Crippen LogP contribution in [0.1, 0.15) is 37.7 Å². The predicted octanol–water partition coefficient (Wildman–Crippen LogP) is 3.30. The lowest BCUT2D eigenvalue weighted by Crippen LogP contribution is -2.11. The second kappa shape index (κ2) is 5.51. The largest absolute Gasteiger partial charge is 0.465 e. The molecule has 0 unspecified atom stereocenters. The number of aromatic amines is 1. The second-order valence-corrected chi connectivity index (χ2v) is 4.83. The number of nitrogens with one attached hydrogen (secondary N) is 1. The first kappa shape index (κ1) is 14.3. The minimum absolute atomic E-state index is 0.259. The van der Waals surface area contributed by atoms with E-state index in [2.05, 4.69) is 4.98 Å². The molecule has 0 fully saturated rings. The van der Waals surface area contributed by atoms with Gasteiger partial charge in [-0.3, -0.25) is 4.79 Å². The molecule has 0 spiro atoms. The van der Waals surface area contributed by atoms with E-state index < -0.39 is 5.97 Å². The molecule has 2 rings (SSSR count). The zero-order valence-electron chi connectivity index (χ0n) is 11.4. The summed E-state index contributed by atoms with van der Waals surface area (Å²) < 4.78 is 4.74.